The van der Waals surface area contributed by atoms with Crippen LogP contribution in [0.15, 0.2) is 30.3 Å². The molecule has 0 radical (unpaired) electrons. The zero-order valence-electron chi connectivity index (χ0n) is 14.0. The van der Waals surface area contributed by atoms with E-state index in [1.54, 1.807) is 0 Å². The fourth-order valence-corrected chi connectivity index (χ4v) is 3.47. The van der Waals surface area contributed by atoms with E-state index in [1.165, 1.54) is 5.56 Å². The first-order valence-electron chi connectivity index (χ1n) is 8.09. The molecule has 6 heteroatoms. The number of rotatable bonds is 4. The highest BCUT2D eigenvalue weighted by atomic mass is 32.1. The third-order valence-corrected chi connectivity index (χ3v) is 4.55. The van der Waals surface area contributed by atoms with E-state index in [-0.39, 0.29) is 12.2 Å². The van der Waals surface area contributed by atoms with Crippen LogP contribution in [0.1, 0.15) is 25.2 Å². The molecule has 1 aromatic heterocycles. The zero-order chi connectivity index (χ0) is 16.4. The second-order valence-electron chi connectivity index (χ2n) is 6.34. The first-order valence-corrected chi connectivity index (χ1v) is 8.49. The lowest BCUT2D eigenvalue weighted by Gasteiger charge is -2.34. The van der Waals surface area contributed by atoms with Gasteiger partial charge in [-0.3, -0.25) is 9.47 Å². The third-order valence-electron chi connectivity index (χ3n) is 4.12. The van der Waals surface area contributed by atoms with E-state index in [9.17, 15) is 0 Å². The molecule has 2 atom stereocenters. The van der Waals surface area contributed by atoms with Gasteiger partial charge in [0, 0.05) is 13.1 Å². The predicted molar refractivity (Wildman–Crippen MR) is 92.9 cm³/mol. The van der Waals surface area contributed by atoms with E-state index < -0.39 is 0 Å². The van der Waals surface area contributed by atoms with E-state index in [1.807, 2.05) is 17.7 Å². The van der Waals surface area contributed by atoms with Crippen LogP contribution in [-0.4, -0.2) is 44.5 Å². The van der Waals surface area contributed by atoms with Crippen LogP contribution in [0.3, 0.4) is 0 Å². The van der Waals surface area contributed by atoms with Gasteiger partial charge in [-0.05, 0) is 38.6 Å². The largest absolute Gasteiger partial charge is 0.373 e. The molecule has 0 N–H and O–H groups in total. The molecule has 2 aromatic rings. The molecule has 23 heavy (non-hydrogen) atoms. The van der Waals surface area contributed by atoms with Crippen LogP contribution in [0, 0.1) is 11.7 Å². The highest BCUT2D eigenvalue weighted by Gasteiger charge is 2.23. The Balaban J connectivity index is 1.77. The number of aromatic nitrogens is 3. The molecule has 1 aromatic carbocycles. The van der Waals surface area contributed by atoms with Gasteiger partial charge in [0.25, 0.3) is 0 Å². The summed E-state index contributed by atoms with van der Waals surface area (Å²) in [6.07, 6.45) is 0.501. The van der Waals surface area contributed by atoms with Crippen molar-refractivity contribution in [1.29, 1.82) is 0 Å². The van der Waals surface area contributed by atoms with Gasteiger partial charge in [0.1, 0.15) is 5.82 Å². The standard InChI is InChI=1S/C17H24N4OS/c1-13-9-19(10-14(2)22-13)12-21-17(23)20(15(3)18-21)11-16-7-5-4-6-8-16/h4-8,13-14H,9-12H2,1-3H3/t13-,14-/m0/s1. The number of benzene rings is 1. The van der Waals surface area contributed by atoms with Gasteiger partial charge in [-0.15, -0.1) is 0 Å². The summed E-state index contributed by atoms with van der Waals surface area (Å²) in [5.74, 6) is 0.952. The van der Waals surface area contributed by atoms with Gasteiger partial charge < -0.3 is 4.74 Å². The van der Waals surface area contributed by atoms with E-state index in [4.69, 9.17) is 17.0 Å². The predicted octanol–water partition coefficient (Wildman–Crippen LogP) is 2.84. The highest BCUT2D eigenvalue weighted by Crippen LogP contribution is 2.13. The van der Waals surface area contributed by atoms with Crippen LogP contribution >= 0.6 is 12.2 Å². The fourth-order valence-electron chi connectivity index (χ4n) is 3.18. The van der Waals surface area contributed by atoms with Gasteiger partial charge in [-0.25, -0.2) is 4.68 Å². The SMILES string of the molecule is Cc1nn(CN2C[C@H](C)O[C@@H](C)C2)c(=S)n1Cc1ccccc1. The molecule has 1 saturated heterocycles. The van der Waals surface area contributed by atoms with E-state index in [0.717, 1.165) is 36.9 Å². The fraction of sp³-hybridized carbons (Fsp3) is 0.529. The number of hydrogen-bond acceptors (Lipinski definition) is 4. The maximum atomic E-state index is 5.79. The topological polar surface area (TPSA) is 35.2 Å². The molecule has 0 bridgehead atoms. The van der Waals surface area contributed by atoms with Crippen molar-refractivity contribution in [3.63, 3.8) is 0 Å². The van der Waals surface area contributed by atoms with Gasteiger partial charge in [0.05, 0.1) is 25.4 Å². The Morgan fingerprint density at radius 1 is 1.17 bits per heavy atom. The summed E-state index contributed by atoms with van der Waals surface area (Å²) in [5, 5.41) is 4.64. The van der Waals surface area contributed by atoms with Gasteiger partial charge in [0.2, 0.25) is 0 Å². The number of morpholine rings is 1. The maximum Gasteiger partial charge on any atom is 0.199 e. The molecule has 0 saturated carbocycles. The van der Waals surface area contributed by atoms with Gasteiger partial charge >= 0.3 is 0 Å². The van der Waals surface area contributed by atoms with Crippen molar-refractivity contribution < 1.29 is 4.74 Å². The summed E-state index contributed by atoms with van der Waals surface area (Å²) in [4.78, 5) is 2.36. The van der Waals surface area contributed by atoms with E-state index in [2.05, 4.69) is 52.7 Å². The Kier molecular flexibility index (Phi) is 4.94. The normalized spacial score (nSPS) is 22.4. The van der Waals surface area contributed by atoms with Crippen molar-refractivity contribution in [2.45, 2.75) is 46.2 Å². The van der Waals surface area contributed by atoms with Crippen LogP contribution in [0.2, 0.25) is 0 Å². The van der Waals surface area contributed by atoms with Gasteiger partial charge in [-0.2, -0.15) is 5.10 Å². The molecule has 124 valence electrons. The van der Waals surface area contributed by atoms with Crippen molar-refractivity contribution in [1.82, 2.24) is 19.2 Å². The molecular formula is C17H24N4OS. The molecule has 0 unspecified atom stereocenters. The van der Waals surface area contributed by atoms with Crippen molar-refractivity contribution in [3.8, 4) is 0 Å². The molecule has 0 spiro atoms. The minimum atomic E-state index is 0.250. The van der Waals surface area contributed by atoms with Gasteiger partial charge in [0.15, 0.2) is 4.77 Å². The van der Waals surface area contributed by atoms with Gasteiger partial charge in [-0.1, -0.05) is 30.3 Å². The number of ether oxygens (including phenoxy) is 1. The van der Waals surface area contributed by atoms with Crippen molar-refractivity contribution >= 4 is 12.2 Å². The smallest absolute Gasteiger partial charge is 0.199 e. The second kappa shape index (κ2) is 6.95. The summed E-state index contributed by atoms with van der Waals surface area (Å²) in [5.41, 5.74) is 1.24. The van der Waals surface area contributed by atoms with Crippen LogP contribution in [0.25, 0.3) is 0 Å². The van der Waals surface area contributed by atoms with Crippen molar-refractivity contribution in [3.05, 3.63) is 46.5 Å². The first-order chi connectivity index (χ1) is 11.0. The molecule has 1 aliphatic rings. The quantitative estimate of drug-likeness (QED) is 0.807. The lowest BCUT2D eigenvalue weighted by molar-refractivity contribution is -0.0777. The van der Waals surface area contributed by atoms with Crippen LogP contribution in [-0.2, 0) is 18.0 Å². The number of hydrogen-bond donors (Lipinski definition) is 0. The molecule has 5 nitrogen and oxygen atoms in total. The lowest BCUT2D eigenvalue weighted by Crippen LogP contribution is -2.46. The molecule has 1 fully saturated rings. The summed E-state index contributed by atoms with van der Waals surface area (Å²) in [7, 11) is 0. The Labute approximate surface area is 142 Å². The van der Waals surface area contributed by atoms with E-state index >= 15 is 0 Å². The third kappa shape index (κ3) is 3.88. The molecular weight excluding hydrogens is 308 g/mol. The number of aryl methyl sites for hydroxylation is 1. The molecule has 0 amide bonds. The second-order valence-corrected chi connectivity index (χ2v) is 6.70. The van der Waals surface area contributed by atoms with Crippen molar-refractivity contribution in [2.24, 2.45) is 0 Å². The Hall–Kier alpha value is -1.50. The highest BCUT2D eigenvalue weighted by molar-refractivity contribution is 7.71. The van der Waals surface area contributed by atoms with Crippen LogP contribution in [0.4, 0.5) is 0 Å². The van der Waals surface area contributed by atoms with Crippen LogP contribution < -0.4 is 0 Å². The Bertz CT molecular complexity index is 699. The van der Waals surface area contributed by atoms with Crippen molar-refractivity contribution in [2.75, 3.05) is 13.1 Å². The molecule has 1 aliphatic heterocycles. The van der Waals surface area contributed by atoms with E-state index in [0.29, 0.717) is 0 Å². The van der Waals surface area contributed by atoms with Crippen LogP contribution in [0.5, 0.6) is 0 Å². The first kappa shape index (κ1) is 16.4. The average molecular weight is 332 g/mol. The zero-order valence-corrected chi connectivity index (χ0v) is 14.8. The lowest BCUT2D eigenvalue weighted by atomic mass is 10.2. The Morgan fingerprint density at radius 3 is 2.48 bits per heavy atom. The minimum Gasteiger partial charge on any atom is -0.373 e. The summed E-state index contributed by atoms with van der Waals surface area (Å²) in [6.45, 7) is 9.55. The molecule has 0 aliphatic carbocycles. The molecule has 3 rings (SSSR count). The maximum absolute atomic E-state index is 5.79. The monoisotopic (exact) mass is 332 g/mol. The summed E-state index contributed by atoms with van der Waals surface area (Å²) in [6, 6.07) is 10.4. The number of nitrogens with zero attached hydrogens (tertiary/aromatic N) is 4. The average Bonchev–Trinajstić information content (AvgIpc) is 2.75. The summed E-state index contributed by atoms with van der Waals surface area (Å²) >= 11 is 5.64. The Morgan fingerprint density at radius 2 is 1.83 bits per heavy atom. The minimum absolute atomic E-state index is 0.250. The summed E-state index contributed by atoms with van der Waals surface area (Å²) < 4.78 is 10.6. The molecule has 2 heterocycles.